The molecule has 1 unspecified atom stereocenters. The lowest BCUT2D eigenvalue weighted by molar-refractivity contribution is 0.194. The Hall–Kier alpha value is -0.870. The van der Waals surface area contributed by atoms with Gasteiger partial charge in [0, 0.05) is 31.9 Å². The summed E-state index contributed by atoms with van der Waals surface area (Å²) in [6, 6.07) is 0.140. The summed E-state index contributed by atoms with van der Waals surface area (Å²) in [5.41, 5.74) is 8.35. The molecule has 1 aromatic rings. The zero-order chi connectivity index (χ0) is 10.7. The van der Waals surface area contributed by atoms with Gasteiger partial charge in [0.25, 0.3) is 0 Å². The van der Waals surface area contributed by atoms with Crippen LogP contribution in [0.25, 0.3) is 0 Å². The van der Waals surface area contributed by atoms with Crippen molar-refractivity contribution >= 4 is 0 Å². The summed E-state index contributed by atoms with van der Waals surface area (Å²) in [6.45, 7) is 0.789. The largest absolute Gasteiger partial charge is 0.385 e. The number of aromatic nitrogens is 2. The van der Waals surface area contributed by atoms with Crippen LogP contribution in [0.3, 0.4) is 0 Å². The lowest BCUT2D eigenvalue weighted by Crippen LogP contribution is -2.17. The van der Waals surface area contributed by atoms with Gasteiger partial charge in [-0.25, -0.2) is 4.98 Å². The maximum absolute atomic E-state index is 6.01. The van der Waals surface area contributed by atoms with Gasteiger partial charge in [-0.05, 0) is 25.7 Å². The van der Waals surface area contributed by atoms with Crippen LogP contribution in [0.4, 0.5) is 0 Å². The van der Waals surface area contributed by atoms with Gasteiger partial charge in [0.15, 0.2) is 0 Å². The van der Waals surface area contributed by atoms with E-state index < -0.39 is 0 Å². The summed E-state index contributed by atoms with van der Waals surface area (Å²) in [5, 5.41) is 0. The molecule has 1 atom stereocenters. The Balaban J connectivity index is 2.01. The quantitative estimate of drug-likeness (QED) is 0.735. The molecule has 1 aliphatic rings. The fourth-order valence-corrected chi connectivity index (χ4v) is 2.11. The Morgan fingerprint density at radius 2 is 2.47 bits per heavy atom. The molecule has 4 nitrogen and oxygen atoms in total. The van der Waals surface area contributed by atoms with Crippen molar-refractivity contribution in [1.82, 2.24) is 9.97 Å². The summed E-state index contributed by atoms with van der Waals surface area (Å²) in [7, 11) is 1.73. The van der Waals surface area contributed by atoms with Gasteiger partial charge in [-0.15, -0.1) is 0 Å². The SMILES string of the molecule is COCCCc1nc2c([nH]1)CCCC2N. The third-order valence-corrected chi connectivity index (χ3v) is 2.91. The van der Waals surface area contributed by atoms with Gasteiger partial charge in [0.05, 0.1) is 5.69 Å². The molecule has 0 saturated carbocycles. The number of H-pyrrole nitrogens is 1. The highest BCUT2D eigenvalue weighted by Gasteiger charge is 2.20. The molecule has 0 radical (unpaired) electrons. The Morgan fingerprint density at radius 3 is 3.20 bits per heavy atom. The van der Waals surface area contributed by atoms with E-state index in [4.69, 9.17) is 10.5 Å². The fourth-order valence-electron chi connectivity index (χ4n) is 2.11. The van der Waals surface area contributed by atoms with Crippen LogP contribution in [0.2, 0.25) is 0 Å². The van der Waals surface area contributed by atoms with Crippen molar-refractivity contribution in [2.75, 3.05) is 13.7 Å². The molecule has 0 aromatic carbocycles. The molecular formula is C11H19N3O. The first kappa shape index (κ1) is 10.6. The molecular weight excluding hydrogens is 190 g/mol. The van der Waals surface area contributed by atoms with E-state index >= 15 is 0 Å². The Morgan fingerprint density at radius 1 is 1.60 bits per heavy atom. The smallest absolute Gasteiger partial charge is 0.106 e. The highest BCUT2D eigenvalue weighted by molar-refractivity contribution is 5.21. The number of nitrogens with zero attached hydrogens (tertiary/aromatic N) is 1. The maximum Gasteiger partial charge on any atom is 0.106 e. The Kier molecular flexibility index (Phi) is 3.38. The van der Waals surface area contributed by atoms with Gasteiger partial charge in [-0.3, -0.25) is 0 Å². The molecule has 1 aliphatic carbocycles. The van der Waals surface area contributed by atoms with Crippen molar-refractivity contribution in [3.8, 4) is 0 Å². The third-order valence-electron chi connectivity index (χ3n) is 2.91. The normalized spacial score (nSPS) is 20.3. The van der Waals surface area contributed by atoms with E-state index in [1.54, 1.807) is 7.11 Å². The van der Waals surface area contributed by atoms with Gasteiger partial charge in [0.1, 0.15) is 5.82 Å². The summed E-state index contributed by atoms with van der Waals surface area (Å²) >= 11 is 0. The van der Waals surface area contributed by atoms with Gasteiger partial charge < -0.3 is 15.5 Å². The van der Waals surface area contributed by atoms with Crippen molar-refractivity contribution in [1.29, 1.82) is 0 Å². The van der Waals surface area contributed by atoms with Crippen LogP contribution in [0.1, 0.15) is 42.5 Å². The molecule has 2 rings (SSSR count). The van der Waals surface area contributed by atoms with Crippen LogP contribution in [-0.4, -0.2) is 23.7 Å². The minimum Gasteiger partial charge on any atom is -0.385 e. The number of rotatable bonds is 4. The molecule has 0 bridgehead atoms. The lowest BCUT2D eigenvalue weighted by Gasteiger charge is -2.15. The molecule has 1 aromatic heterocycles. The number of methoxy groups -OCH3 is 1. The maximum atomic E-state index is 6.01. The van der Waals surface area contributed by atoms with E-state index in [0.29, 0.717) is 0 Å². The van der Waals surface area contributed by atoms with Crippen molar-refractivity contribution in [2.45, 2.75) is 38.1 Å². The Labute approximate surface area is 90.2 Å². The first-order valence-corrected chi connectivity index (χ1v) is 5.63. The van der Waals surface area contributed by atoms with E-state index in [9.17, 15) is 0 Å². The van der Waals surface area contributed by atoms with Gasteiger partial charge >= 0.3 is 0 Å². The van der Waals surface area contributed by atoms with Crippen molar-refractivity contribution < 1.29 is 4.74 Å². The summed E-state index contributed by atoms with van der Waals surface area (Å²) < 4.78 is 5.02. The van der Waals surface area contributed by atoms with E-state index in [1.807, 2.05) is 0 Å². The number of fused-ring (bicyclic) bond motifs is 1. The highest BCUT2D eigenvalue weighted by atomic mass is 16.5. The van der Waals surface area contributed by atoms with E-state index in [2.05, 4.69) is 9.97 Å². The molecule has 15 heavy (non-hydrogen) atoms. The number of imidazole rings is 1. The minimum absolute atomic E-state index is 0.140. The second kappa shape index (κ2) is 4.77. The summed E-state index contributed by atoms with van der Waals surface area (Å²) in [6.07, 6.45) is 5.30. The second-order valence-corrected chi connectivity index (χ2v) is 4.14. The molecule has 0 saturated heterocycles. The monoisotopic (exact) mass is 209 g/mol. The van der Waals surface area contributed by atoms with Crippen LogP contribution >= 0.6 is 0 Å². The average Bonchev–Trinajstić information content (AvgIpc) is 2.63. The number of nitrogens with one attached hydrogen (secondary N) is 1. The van der Waals surface area contributed by atoms with Crippen LogP contribution < -0.4 is 5.73 Å². The van der Waals surface area contributed by atoms with Crippen LogP contribution in [0.5, 0.6) is 0 Å². The standard InChI is InChI=1S/C11H19N3O/c1-15-7-3-6-10-13-9-5-2-4-8(12)11(9)14-10/h8H,2-7,12H2,1H3,(H,13,14). The first-order chi connectivity index (χ1) is 7.31. The molecule has 0 fully saturated rings. The number of ether oxygens (including phenoxy) is 1. The van der Waals surface area contributed by atoms with Crippen LogP contribution in [0, 0.1) is 0 Å². The second-order valence-electron chi connectivity index (χ2n) is 4.14. The average molecular weight is 209 g/mol. The number of nitrogens with two attached hydrogens (primary N) is 1. The highest BCUT2D eigenvalue weighted by Crippen LogP contribution is 2.25. The van der Waals surface area contributed by atoms with E-state index in [0.717, 1.165) is 43.8 Å². The van der Waals surface area contributed by atoms with Gasteiger partial charge in [-0.2, -0.15) is 0 Å². The minimum atomic E-state index is 0.140. The van der Waals surface area contributed by atoms with Gasteiger partial charge in [-0.1, -0.05) is 0 Å². The van der Waals surface area contributed by atoms with Crippen molar-refractivity contribution in [3.63, 3.8) is 0 Å². The van der Waals surface area contributed by atoms with Gasteiger partial charge in [0.2, 0.25) is 0 Å². The number of aryl methyl sites for hydroxylation is 2. The molecule has 0 spiro atoms. The predicted molar refractivity (Wildman–Crippen MR) is 58.7 cm³/mol. The molecule has 4 heteroatoms. The molecule has 3 N–H and O–H groups in total. The predicted octanol–water partition coefficient (Wildman–Crippen LogP) is 1.32. The van der Waals surface area contributed by atoms with Crippen molar-refractivity contribution in [3.05, 3.63) is 17.2 Å². The molecule has 1 heterocycles. The Bertz CT molecular complexity index is 322. The number of hydrogen-bond donors (Lipinski definition) is 2. The summed E-state index contributed by atoms with van der Waals surface area (Å²) in [5.74, 6) is 1.06. The molecule has 84 valence electrons. The number of hydrogen-bond acceptors (Lipinski definition) is 3. The van der Waals surface area contributed by atoms with E-state index in [-0.39, 0.29) is 6.04 Å². The number of aromatic amines is 1. The van der Waals surface area contributed by atoms with Crippen LogP contribution in [0.15, 0.2) is 0 Å². The van der Waals surface area contributed by atoms with E-state index in [1.165, 1.54) is 12.1 Å². The first-order valence-electron chi connectivity index (χ1n) is 5.63. The zero-order valence-corrected chi connectivity index (χ0v) is 9.25. The molecule has 0 aliphatic heterocycles. The fraction of sp³-hybridized carbons (Fsp3) is 0.727. The zero-order valence-electron chi connectivity index (χ0n) is 9.25. The lowest BCUT2D eigenvalue weighted by atomic mass is 9.97. The topological polar surface area (TPSA) is 63.9 Å². The summed E-state index contributed by atoms with van der Waals surface area (Å²) in [4.78, 5) is 7.94. The molecule has 0 amide bonds. The third kappa shape index (κ3) is 2.38. The van der Waals surface area contributed by atoms with Crippen LogP contribution in [-0.2, 0) is 17.6 Å². The van der Waals surface area contributed by atoms with Crippen molar-refractivity contribution in [2.24, 2.45) is 5.73 Å².